The van der Waals surface area contributed by atoms with Crippen LogP contribution < -0.4 is 5.32 Å². The van der Waals surface area contributed by atoms with Gasteiger partial charge in [0.2, 0.25) is 0 Å². The minimum atomic E-state index is 0.484. The van der Waals surface area contributed by atoms with Gasteiger partial charge >= 0.3 is 0 Å². The fraction of sp³-hybridized carbons (Fsp3) is 1.00. The summed E-state index contributed by atoms with van der Waals surface area (Å²) in [7, 11) is 0. The van der Waals surface area contributed by atoms with Gasteiger partial charge in [-0.25, -0.2) is 0 Å². The highest BCUT2D eigenvalue weighted by atomic mass is 16.5. The lowest BCUT2D eigenvalue weighted by atomic mass is 10.1. The molecule has 102 valence electrons. The molecule has 0 radical (unpaired) electrons. The van der Waals surface area contributed by atoms with Crippen LogP contribution in [0.5, 0.6) is 0 Å². The smallest absolute Gasteiger partial charge is 0.0700 e. The van der Waals surface area contributed by atoms with Crippen LogP contribution in [0, 0.1) is 0 Å². The number of hydrogen-bond acceptors (Lipinski definition) is 3. The van der Waals surface area contributed by atoms with Crippen LogP contribution >= 0.6 is 0 Å². The lowest BCUT2D eigenvalue weighted by Gasteiger charge is -2.32. The van der Waals surface area contributed by atoms with Crippen molar-refractivity contribution in [3.05, 3.63) is 0 Å². The molecule has 1 aliphatic heterocycles. The third kappa shape index (κ3) is 7.02. The molecule has 3 heteroatoms. The van der Waals surface area contributed by atoms with Gasteiger partial charge in [0.15, 0.2) is 0 Å². The van der Waals surface area contributed by atoms with Crippen LogP contribution in [0.3, 0.4) is 0 Å². The Morgan fingerprint density at radius 1 is 1.18 bits per heavy atom. The number of hydrogen-bond donors (Lipinski definition) is 1. The molecule has 1 N–H and O–H groups in total. The number of rotatable bonds is 9. The fourth-order valence-electron chi connectivity index (χ4n) is 2.35. The maximum atomic E-state index is 5.68. The predicted molar refractivity (Wildman–Crippen MR) is 73.5 cm³/mol. The van der Waals surface area contributed by atoms with Crippen molar-refractivity contribution in [1.29, 1.82) is 0 Å². The van der Waals surface area contributed by atoms with Gasteiger partial charge in [0.25, 0.3) is 0 Å². The Bertz CT molecular complexity index is 176. The van der Waals surface area contributed by atoms with Gasteiger partial charge in [0.05, 0.1) is 12.7 Å². The van der Waals surface area contributed by atoms with Crippen LogP contribution in [-0.2, 0) is 4.74 Å². The van der Waals surface area contributed by atoms with Crippen molar-refractivity contribution in [2.75, 3.05) is 39.3 Å². The molecule has 1 saturated heterocycles. The van der Waals surface area contributed by atoms with E-state index in [9.17, 15) is 0 Å². The molecule has 0 saturated carbocycles. The van der Waals surface area contributed by atoms with E-state index >= 15 is 0 Å². The summed E-state index contributed by atoms with van der Waals surface area (Å²) in [6, 6.07) is 0. The Hall–Kier alpha value is -0.120. The molecule has 1 unspecified atom stereocenters. The van der Waals surface area contributed by atoms with E-state index in [-0.39, 0.29) is 0 Å². The summed E-state index contributed by atoms with van der Waals surface area (Å²) in [5.74, 6) is 0. The van der Waals surface area contributed by atoms with Gasteiger partial charge in [-0.2, -0.15) is 0 Å². The van der Waals surface area contributed by atoms with Crippen LogP contribution in [0.4, 0.5) is 0 Å². The largest absolute Gasteiger partial charge is 0.376 e. The van der Waals surface area contributed by atoms with Gasteiger partial charge in [-0.1, -0.05) is 26.7 Å². The molecule has 1 heterocycles. The van der Waals surface area contributed by atoms with E-state index in [2.05, 4.69) is 24.1 Å². The molecule has 3 nitrogen and oxygen atoms in total. The topological polar surface area (TPSA) is 24.5 Å². The van der Waals surface area contributed by atoms with Crippen LogP contribution in [0.1, 0.15) is 46.0 Å². The average molecular weight is 242 g/mol. The van der Waals surface area contributed by atoms with Gasteiger partial charge in [0, 0.05) is 13.1 Å². The van der Waals surface area contributed by atoms with Gasteiger partial charge in [-0.15, -0.1) is 0 Å². The summed E-state index contributed by atoms with van der Waals surface area (Å²) in [6.07, 6.45) is 7.06. The Morgan fingerprint density at radius 2 is 2.00 bits per heavy atom. The molecule has 0 spiro atoms. The molecule has 1 atom stereocenters. The van der Waals surface area contributed by atoms with E-state index in [0.29, 0.717) is 6.10 Å². The Balaban J connectivity index is 1.91. The van der Waals surface area contributed by atoms with Gasteiger partial charge in [0.1, 0.15) is 0 Å². The third-order valence-corrected chi connectivity index (χ3v) is 3.51. The maximum absolute atomic E-state index is 5.68. The Labute approximate surface area is 107 Å². The average Bonchev–Trinajstić information content (AvgIpc) is 2.38. The minimum Gasteiger partial charge on any atom is -0.376 e. The lowest BCUT2D eigenvalue weighted by Crippen LogP contribution is -2.42. The van der Waals surface area contributed by atoms with Crippen molar-refractivity contribution in [3.63, 3.8) is 0 Å². The standard InChI is InChI=1S/C14H30N2O/c1-3-14-13-16(11-12-17-14)10-8-6-5-7-9-15-4-2/h14-15H,3-13H2,1-2H3. The van der Waals surface area contributed by atoms with Crippen molar-refractivity contribution in [2.24, 2.45) is 0 Å². The van der Waals surface area contributed by atoms with Crippen molar-refractivity contribution >= 4 is 0 Å². The highest BCUT2D eigenvalue weighted by Gasteiger charge is 2.17. The summed E-state index contributed by atoms with van der Waals surface area (Å²) in [5.41, 5.74) is 0. The normalized spacial score (nSPS) is 21.9. The molecule has 0 aromatic rings. The molecule has 0 bridgehead atoms. The van der Waals surface area contributed by atoms with Crippen molar-refractivity contribution in [2.45, 2.75) is 52.1 Å². The monoisotopic (exact) mass is 242 g/mol. The summed E-state index contributed by atoms with van der Waals surface area (Å²) in [4.78, 5) is 2.57. The quantitative estimate of drug-likeness (QED) is 0.628. The molecular formula is C14H30N2O. The van der Waals surface area contributed by atoms with Crippen LogP contribution in [0.15, 0.2) is 0 Å². The number of ether oxygens (including phenoxy) is 1. The summed E-state index contributed by atoms with van der Waals surface area (Å²) < 4.78 is 5.68. The zero-order valence-electron chi connectivity index (χ0n) is 11.7. The highest BCUT2D eigenvalue weighted by molar-refractivity contribution is 4.70. The summed E-state index contributed by atoms with van der Waals surface area (Å²) in [6.45, 7) is 11.2. The minimum absolute atomic E-state index is 0.484. The second kappa shape index (κ2) is 9.86. The zero-order chi connectivity index (χ0) is 12.3. The van der Waals surface area contributed by atoms with Crippen LogP contribution in [-0.4, -0.2) is 50.3 Å². The molecule has 1 aliphatic rings. The molecule has 1 fully saturated rings. The number of nitrogens with one attached hydrogen (secondary N) is 1. The number of nitrogens with zero attached hydrogens (tertiary/aromatic N) is 1. The van der Waals surface area contributed by atoms with E-state index in [1.165, 1.54) is 38.8 Å². The van der Waals surface area contributed by atoms with E-state index in [0.717, 1.165) is 32.7 Å². The van der Waals surface area contributed by atoms with E-state index in [1.807, 2.05) is 0 Å². The fourth-order valence-corrected chi connectivity index (χ4v) is 2.35. The van der Waals surface area contributed by atoms with E-state index in [1.54, 1.807) is 0 Å². The number of morpholine rings is 1. The van der Waals surface area contributed by atoms with E-state index < -0.39 is 0 Å². The second-order valence-electron chi connectivity index (χ2n) is 4.97. The molecule has 17 heavy (non-hydrogen) atoms. The lowest BCUT2D eigenvalue weighted by molar-refractivity contribution is -0.0299. The molecule has 0 aliphatic carbocycles. The van der Waals surface area contributed by atoms with Crippen molar-refractivity contribution in [1.82, 2.24) is 10.2 Å². The third-order valence-electron chi connectivity index (χ3n) is 3.51. The molecule has 1 rings (SSSR count). The number of unbranched alkanes of at least 4 members (excludes halogenated alkanes) is 3. The Morgan fingerprint density at radius 3 is 2.76 bits per heavy atom. The molecular weight excluding hydrogens is 212 g/mol. The van der Waals surface area contributed by atoms with Gasteiger partial charge in [-0.3, -0.25) is 4.90 Å². The summed E-state index contributed by atoms with van der Waals surface area (Å²) in [5, 5.41) is 3.37. The summed E-state index contributed by atoms with van der Waals surface area (Å²) >= 11 is 0. The molecule has 0 aromatic carbocycles. The van der Waals surface area contributed by atoms with Gasteiger partial charge in [-0.05, 0) is 38.9 Å². The SMILES string of the molecule is CCNCCCCCCN1CCOC(CC)C1. The Kier molecular flexibility index (Phi) is 8.67. The second-order valence-corrected chi connectivity index (χ2v) is 4.97. The molecule has 0 amide bonds. The first kappa shape index (κ1) is 14.9. The van der Waals surface area contributed by atoms with Crippen molar-refractivity contribution < 1.29 is 4.74 Å². The maximum Gasteiger partial charge on any atom is 0.0700 e. The first-order chi connectivity index (χ1) is 8.36. The van der Waals surface area contributed by atoms with Crippen LogP contribution in [0.25, 0.3) is 0 Å². The predicted octanol–water partition coefficient (Wildman–Crippen LogP) is 2.27. The first-order valence-electron chi connectivity index (χ1n) is 7.41. The van der Waals surface area contributed by atoms with Gasteiger partial charge < -0.3 is 10.1 Å². The van der Waals surface area contributed by atoms with Crippen LogP contribution in [0.2, 0.25) is 0 Å². The highest BCUT2D eigenvalue weighted by Crippen LogP contribution is 2.09. The van der Waals surface area contributed by atoms with Crippen molar-refractivity contribution in [3.8, 4) is 0 Å². The first-order valence-corrected chi connectivity index (χ1v) is 7.41. The molecule has 0 aromatic heterocycles. The zero-order valence-corrected chi connectivity index (χ0v) is 11.7. The van der Waals surface area contributed by atoms with E-state index in [4.69, 9.17) is 4.74 Å².